The quantitative estimate of drug-likeness (QED) is 0.118. The number of rotatable bonds is 11. The number of nitrogens with zero attached hydrogens (tertiary/aromatic N) is 1. The van der Waals surface area contributed by atoms with Crippen LogP contribution in [-0.2, 0) is 20.9 Å². The number of ether oxygens (including phenoxy) is 3. The molecule has 3 aromatic rings. The molecule has 0 radical (unpaired) electrons. The number of nitrogens with one attached hydrogen (secondary N) is 3. The molecule has 9 nitrogen and oxygen atoms in total. The first-order chi connectivity index (χ1) is 19.8. The second-order valence-electron chi connectivity index (χ2n) is 8.90. The van der Waals surface area contributed by atoms with Crippen molar-refractivity contribution in [2.24, 2.45) is 5.10 Å². The largest absolute Gasteiger partial charge is 0.489 e. The molecule has 0 saturated heterocycles. The Morgan fingerprint density at radius 2 is 1.85 bits per heavy atom. The monoisotopic (exact) mass is 636 g/mol. The summed E-state index contributed by atoms with van der Waals surface area (Å²) in [7, 11) is 0. The van der Waals surface area contributed by atoms with Gasteiger partial charge in [-0.1, -0.05) is 58.4 Å². The van der Waals surface area contributed by atoms with Crippen LogP contribution < -0.4 is 25.5 Å². The highest BCUT2D eigenvalue weighted by Gasteiger charge is 2.32. The van der Waals surface area contributed by atoms with Crippen LogP contribution in [0, 0.1) is 0 Å². The third-order valence-corrected chi connectivity index (χ3v) is 6.68. The Hall–Kier alpha value is -4.22. The van der Waals surface area contributed by atoms with Gasteiger partial charge < -0.3 is 24.8 Å². The van der Waals surface area contributed by atoms with Gasteiger partial charge in [0, 0.05) is 15.7 Å². The molecule has 1 aliphatic rings. The fraction of sp³-hybridized carbons (Fsp3) is 0.200. The molecular formula is C30H29BrN4O5S. The van der Waals surface area contributed by atoms with Crippen molar-refractivity contribution in [1.29, 1.82) is 0 Å². The van der Waals surface area contributed by atoms with Gasteiger partial charge in [-0.3, -0.25) is 4.79 Å². The van der Waals surface area contributed by atoms with E-state index in [1.54, 1.807) is 32.0 Å². The fourth-order valence-electron chi connectivity index (χ4n) is 4.04. The molecule has 212 valence electrons. The zero-order chi connectivity index (χ0) is 29.2. The summed E-state index contributed by atoms with van der Waals surface area (Å²) < 4.78 is 18.0. The van der Waals surface area contributed by atoms with E-state index in [4.69, 9.17) is 26.4 Å². The van der Waals surface area contributed by atoms with Crippen LogP contribution in [-0.4, -0.2) is 36.4 Å². The van der Waals surface area contributed by atoms with Crippen molar-refractivity contribution in [1.82, 2.24) is 16.1 Å². The van der Waals surface area contributed by atoms with Gasteiger partial charge in [0.15, 0.2) is 11.7 Å². The normalized spacial score (nSPS) is 14.7. The maximum atomic E-state index is 12.7. The minimum absolute atomic E-state index is 0.231. The molecule has 11 heteroatoms. The summed E-state index contributed by atoms with van der Waals surface area (Å²) in [5, 5.41) is 10.5. The average Bonchev–Trinajstić information content (AvgIpc) is 2.96. The molecule has 0 aliphatic carbocycles. The lowest BCUT2D eigenvalue weighted by Crippen LogP contribution is -2.45. The Kier molecular flexibility index (Phi) is 10.5. The number of halogens is 1. The van der Waals surface area contributed by atoms with Crippen LogP contribution in [0.15, 0.2) is 93.6 Å². The molecule has 3 N–H and O–H groups in total. The lowest BCUT2D eigenvalue weighted by molar-refractivity contribution is -0.139. The van der Waals surface area contributed by atoms with Gasteiger partial charge >= 0.3 is 5.97 Å². The molecule has 41 heavy (non-hydrogen) atoms. The standard InChI is InChI=1S/C30H29BrN4O5S/c1-3-38-29(37)27-19(2)33-30(41)34-28(27)24-9-4-5-10-25(24)40-18-26(36)35-32-16-21-7-6-8-23(15-21)39-17-20-11-13-22(31)14-12-20/h4-16,28H,3,17-18H2,1-2H3,(H,35,36)(H2,33,34,41)/t28-/m0/s1. The lowest BCUT2D eigenvalue weighted by atomic mass is 9.95. The summed E-state index contributed by atoms with van der Waals surface area (Å²) in [6.45, 7) is 3.86. The number of carbonyl (C=O) groups is 2. The molecule has 1 atom stereocenters. The van der Waals surface area contributed by atoms with Gasteiger partial charge in [0.05, 0.1) is 24.4 Å². The minimum atomic E-state index is -0.613. The van der Waals surface area contributed by atoms with Gasteiger partial charge in [-0.2, -0.15) is 5.10 Å². The van der Waals surface area contributed by atoms with E-state index in [1.165, 1.54) is 6.21 Å². The van der Waals surface area contributed by atoms with Gasteiger partial charge in [-0.05, 0) is 67.5 Å². The highest BCUT2D eigenvalue weighted by atomic mass is 79.9. The topological polar surface area (TPSA) is 110 Å². The molecule has 0 spiro atoms. The molecule has 0 fully saturated rings. The number of carbonyl (C=O) groups excluding carboxylic acids is 2. The van der Waals surface area contributed by atoms with Crippen LogP contribution in [0.3, 0.4) is 0 Å². The van der Waals surface area contributed by atoms with Crippen LogP contribution in [0.2, 0.25) is 0 Å². The van der Waals surface area contributed by atoms with Gasteiger partial charge in [0.2, 0.25) is 0 Å². The lowest BCUT2D eigenvalue weighted by Gasteiger charge is -2.30. The van der Waals surface area contributed by atoms with E-state index in [1.807, 2.05) is 54.6 Å². The summed E-state index contributed by atoms with van der Waals surface area (Å²) in [6, 6.07) is 21.8. The number of hydrazone groups is 1. The molecule has 4 rings (SSSR count). The number of amides is 1. The third kappa shape index (κ3) is 8.38. The number of allylic oxidation sites excluding steroid dienone is 1. The molecule has 1 amide bonds. The Labute approximate surface area is 252 Å². The van der Waals surface area contributed by atoms with E-state index in [0.29, 0.717) is 40.1 Å². The van der Waals surface area contributed by atoms with Crippen molar-refractivity contribution in [3.63, 3.8) is 0 Å². The fourth-order valence-corrected chi connectivity index (χ4v) is 4.58. The SMILES string of the molecule is CCOC(=O)C1=C(C)NC(=S)N[C@H]1c1ccccc1OCC(=O)NN=Cc1cccc(OCc2ccc(Br)cc2)c1. The average molecular weight is 638 g/mol. The van der Waals surface area contributed by atoms with E-state index in [9.17, 15) is 9.59 Å². The van der Waals surface area contributed by atoms with Crippen molar-refractivity contribution in [2.75, 3.05) is 13.2 Å². The van der Waals surface area contributed by atoms with Crippen LogP contribution in [0.1, 0.15) is 36.6 Å². The first-order valence-electron chi connectivity index (χ1n) is 12.8. The molecule has 1 aliphatic heterocycles. The summed E-state index contributed by atoms with van der Waals surface area (Å²) in [6.07, 6.45) is 1.53. The summed E-state index contributed by atoms with van der Waals surface area (Å²) in [4.78, 5) is 25.2. The third-order valence-electron chi connectivity index (χ3n) is 5.93. The number of esters is 1. The Morgan fingerprint density at radius 3 is 2.63 bits per heavy atom. The zero-order valence-electron chi connectivity index (χ0n) is 22.5. The first-order valence-corrected chi connectivity index (χ1v) is 14.0. The van der Waals surface area contributed by atoms with Crippen molar-refractivity contribution < 1.29 is 23.8 Å². The zero-order valence-corrected chi connectivity index (χ0v) is 24.9. The van der Waals surface area contributed by atoms with Crippen LogP contribution in [0.5, 0.6) is 11.5 Å². The van der Waals surface area contributed by atoms with Crippen LogP contribution >= 0.6 is 28.1 Å². The summed E-state index contributed by atoms with van der Waals surface area (Å²) >= 11 is 8.73. The van der Waals surface area contributed by atoms with Crippen LogP contribution in [0.4, 0.5) is 0 Å². The van der Waals surface area contributed by atoms with E-state index < -0.39 is 17.9 Å². The van der Waals surface area contributed by atoms with Crippen LogP contribution in [0.25, 0.3) is 0 Å². The summed E-state index contributed by atoms with van der Waals surface area (Å²) in [5.41, 5.74) is 5.87. The molecule has 0 unspecified atom stereocenters. The molecule has 0 saturated carbocycles. The van der Waals surface area contributed by atoms with E-state index in [-0.39, 0.29) is 13.2 Å². The number of para-hydroxylation sites is 1. The van der Waals surface area contributed by atoms with E-state index in [0.717, 1.165) is 15.6 Å². The number of benzene rings is 3. The Balaban J connectivity index is 1.35. The van der Waals surface area contributed by atoms with Crippen molar-refractivity contribution >= 4 is 51.4 Å². The first kappa shape index (κ1) is 29.8. The molecule has 0 bridgehead atoms. The predicted molar refractivity (Wildman–Crippen MR) is 164 cm³/mol. The Morgan fingerprint density at radius 1 is 1.07 bits per heavy atom. The van der Waals surface area contributed by atoms with Crippen molar-refractivity contribution in [3.05, 3.63) is 105 Å². The number of thiocarbonyl (C=S) groups is 1. The second kappa shape index (κ2) is 14.4. The minimum Gasteiger partial charge on any atom is -0.489 e. The van der Waals surface area contributed by atoms with E-state index in [2.05, 4.69) is 37.1 Å². The molecule has 3 aromatic carbocycles. The van der Waals surface area contributed by atoms with Gasteiger partial charge in [-0.15, -0.1) is 0 Å². The maximum absolute atomic E-state index is 12.7. The van der Waals surface area contributed by atoms with Gasteiger partial charge in [0.25, 0.3) is 5.91 Å². The highest BCUT2D eigenvalue weighted by Crippen LogP contribution is 2.33. The summed E-state index contributed by atoms with van der Waals surface area (Å²) in [5.74, 6) is 0.173. The van der Waals surface area contributed by atoms with E-state index >= 15 is 0 Å². The molecule has 0 aromatic heterocycles. The highest BCUT2D eigenvalue weighted by molar-refractivity contribution is 9.10. The van der Waals surface area contributed by atoms with Gasteiger partial charge in [-0.25, -0.2) is 10.2 Å². The number of hydrogen-bond acceptors (Lipinski definition) is 7. The van der Waals surface area contributed by atoms with Crippen molar-refractivity contribution in [2.45, 2.75) is 26.5 Å². The smallest absolute Gasteiger partial charge is 0.338 e. The predicted octanol–water partition coefficient (Wildman–Crippen LogP) is 4.91. The molecule has 1 heterocycles. The van der Waals surface area contributed by atoms with Crippen molar-refractivity contribution in [3.8, 4) is 11.5 Å². The maximum Gasteiger partial charge on any atom is 0.338 e. The number of hydrogen-bond donors (Lipinski definition) is 3. The van der Waals surface area contributed by atoms with Gasteiger partial charge in [0.1, 0.15) is 18.1 Å². The molecular weight excluding hydrogens is 608 g/mol. The second-order valence-corrected chi connectivity index (χ2v) is 10.2. The Bertz CT molecular complexity index is 1480.